The average molecular weight is 213 g/mol. The van der Waals surface area contributed by atoms with Gasteiger partial charge >= 0.3 is 0 Å². The third-order valence-corrected chi connectivity index (χ3v) is 3.25. The zero-order chi connectivity index (χ0) is 10.3. The molecule has 0 aliphatic carbocycles. The van der Waals surface area contributed by atoms with E-state index in [9.17, 15) is 0 Å². The summed E-state index contributed by atoms with van der Waals surface area (Å²) in [6, 6.07) is 0.717. The first-order valence-electron chi connectivity index (χ1n) is 6.19. The number of ether oxygens (including phenoxy) is 1. The van der Waals surface area contributed by atoms with Crippen LogP contribution in [0.2, 0.25) is 0 Å². The van der Waals surface area contributed by atoms with Crippen molar-refractivity contribution < 1.29 is 4.74 Å². The molecular weight excluding hydrogens is 190 g/mol. The van der Waals surface area contributed by atoms with Crippen LogP contribution in [-0.2, 0) is 4.74 Å². The number of hydrogen-bond donors (Lipinski definition) is 2. The highest BCUT2D eigenvalue weighted by molar-refractivity contribution is 4.77. The quantitative estimate of drug-likeness (QED) is 0.613. The highest BCUT2D eigenvalue weighted by Crippen LogP contribution is 1.99. The van der Waals surface area contributed by atoms with Gasteiger partial charge in [0, 0.05) is 25.7 Å². The van der Waals surface area contributed by atoms with Crippen molar-refractivity contribution >= 4 is 0 Å². The maximum atomic E-state index is 5.32. The molecule has 2 aliphatic rings. The SMILES string of the molecule is C(CNC1CCNC1)CN1CCOCC1. The first kappa shape index (κ1) is 11.3. The van der Waals surface area contributed by atoms with E-state index < -0.39 is 0 Å². The monoisotopic (exact) mass is 213 g/mol. The van der Waals surface area contributed by atoms with Gasteiger partial charge in [0.05, 0.1) is 13.2 Å². The van der Waals surface area contributed by atoms with Crippen LogP contribution in [0.5, 0.6) is 0 Å². The summed E-state index contributed by atoms with van der Waals surface area (Å²) >= 11 is 0. The van der Waals surface area contributed by atoms with Gasteiger partial charge in [-0.05, 0) is 32.5 Å². The maximum absolute atomic E-state index is 5.32. The lowest BCUT2D eigenvalue weighted by Gasteiger charge is -2.26. The van der Waals surface area contributed by atoms with Crippen LogP contribution in [-0.4, -0.2) is 63.4 Å². The minimum absolute atomic E-state index is 0.717. The molecular formula is C11H23N3O. The third-order valence-electron chi connectivity index (χ3n) is 3.25. The molecule has 2 aliphatic heterocycles. The van der Waals surface area contributed by atoms with Crippen molar-refractivity contribution in [2.45, 2.75) is 18.9 Å². The molecule has 0 amide bonds. The van der Waals surface area contributed by atoms with Crippen LogP contribution in [0, 0.1) is 0 Å². The fourth-order valence-corrected chi connectivity index (χ4v) is 2.26. The molecule has 0 bridgehead atoms. The molecule has 4 nitrogen and oxygen atoms in total. The summed E-state index contributed by atoms with van der Waals surface area (Å²) in [6.07, 6.45) is 2.55. The van der Waals surface area contributed by atoms with Crippen LogP contribution in [0.3, 0.4) is 0 Å². The molecule has 1 atom stereocenters. The lowest BCUT2D eigenvalue weighted by Crippen LogP contribution is -2.39. The van der Waals surface area contributed by atoms with Crippen LogP contribution in [0.1, 0.15) is 12.8 Å². The molecule has 0 radical (unpaired) electrons. The summed E-state index contributed by atoms with van der Waals surface area (Å²) in [5.74, 6) is 0. The standard InChI is InChI=1S/C11H23N3O/c1(3-13-11-2-4-12-10-11)5-14-6-8-15-9-7-14/h11-13H,1-10H2. The molecule has 15 heavy (non-hydrogen) atoms. The predicted octanol–water partition coefficient (Wildman–Crippen LogP) is -0.340. The Morgan fingerprint density at radius 1 is 1.33 bits per heavy atom. The van der Waals surface area contributed by atoms with Crippen molar-refractivity contribution in [2.75, 3.05) is 52.5 Å². The summed E-state index contributed by atoms with van der Waals surface area (Å²) in [5.41, 5.74) is 0. The minimum atomic E-state index is 0.717. The topological polar surface area (TPSA) is 36.5 Å². The second-order valence-electron chi connectivity index (χ2n) is 4.45. The van der Waals surface area contributed by atoms with Crippen molar-refractivity contribution in [1.82, 2.24) is 15.5 Å². The van der Waals surface area contributed by atoms with Gasteiger partial charge in [0.25, 0.3) is 0 Å². The maximum Gasteiger partial charge on any atom is 0.0594 e. The summed E-state index contributed by atoms with van der Waals surface area (Å²) < 4.78 is 5.32. The lowest BCUT2D eigenvalue weighted by atomic mass is 10.2. The second-order valence-corrected chi connectivity index (χ2v) is 4.45. The number of hydrogen-bond acceptors (Lipinski definition) is 4. The van der Waals surface area contributed by atoms with Gasteiger partial charge in [-0.25, -0.2) is 0 Å². The Kier molecular flexibility index (Phi) is 4.86. The van der Waals surface area contributed by atoms with Gasteiger partial charge < -0.3 is 15.4 Å². The average Bonchev–Trinajstić information content (AvgIpc) is 2.79. The Morgan fingerprint density at radius 2 is 2.20 bits per heavy atom. The van der Waals surface area contributed by atoms with Crippen LogP contribution < -0.4 is 10.6 Å². The van der Waals surface area contributed by atoms with E-state index in [0.29, 0.717) is 0 Å². The van der Waals surface area contributed by atoms with Crippen LogP contribution in [0.4, 0.5) is 0 Å². The van der Waals surface area contributed by atoms with E-state index in [-0.39, 0.29) is 0 Å². The Balaban J connectivity index is 1.47. The van der Waals surface area contributed by atoms with Gasteiger partial charge in [0.15, 0.2) is 0 Å². The zero-order valence-corrected chi connectivity index (χ0v) is 9.50. The molecule has 0 aromatic heterocycles. The smallest absolute Gasteiger partial charge is 0.0594 e. The predicted molar refractivity (Wildman–Crippen MR) is 61.2 cm³/mol. The van der Waals surface area contributed by atoms with Gasteiger partial charge in [-0.3, -0.25) is 4.90 Å². The summed E-state index contributed by atoms with van der Waals surface area (Å²) in [6.45, 7) is 8.77. The van der Waals surface area contributed by atoms with E-state index in [1.54, 1.807) is 0 Å². The molecule has 4 heteroatoms. The third kappa shape index (κ3) is 4.07. The second kappa shape index (κ2) is 6.43. The van der Waals surface area contributed by atoms with E-state index in [1.807, 2.05) is 0 Å². The van der Waals surface area contributed by atoms with E-state index in [4.69, 9.17) is 4.74 Å². The summed E-state index contributed by atoms with van der Waals surface area (Å²) in [5, 5.41) is 6.97. The number of nitrogens with one attached hydrogen (secondary N) is 2. The molecule has 88 valence electrons. The van der Waals surface area contributed by atoms with Crippen LogP contribution in [0.25, 0.3) is 0 Å². The Labute approximate surface area is 92.4 Å². The molecule has 2 saturated heterocycles. The van der Waals surface area contributed by atoms with Gasteiger partial charge in [0.1, 0.15) is 0 Å². The van der Waals surface area contributed by atoms with E-state index >= 15 is 0 Å². The molecule has 0 aromatic carbocycles. The van der Waals surface area contributed by atoms with Crippen molar-refractivity contribution in [1.29, 1.82) is 0 Å². The van der Waals surface area contributed by atoms with Crippen molar-refractivity contribution in [2.24, 2.45) is 0 Å². The van der Waals surface area contributed by atoms with Gasteiger partial charge in [-0.15, -0.1) is 0 Å². The zero-order valence-electron chi connectivity index (χ0n) is 9.50. The van der Waals surface area contributed by atoms with Crippen molar-refractivity contribution in [3.05, 3.63) is 0 Å². The first-order valence-corrected chi connectivity index (χ1v) is 6.19. The van der Waals surface area contributed by atoms with Gasteiger partial charge in [0.2, 0.25) is 0 Å². The van der Waals surface area contributed by atoms with Crippen LogP contribution >= 0.6 is 0 Å². The molecule has 1 unspecified atom stereocenters. The highest BCUT2D eigenvalue weighted by atomic mass is 16.5. The molecule has 0 aromatic rings. The van der Waals surface area contributed by atoms with Crippen molar-refractivity contribution in [3.8, 4) is 0 Å². The van der Waals surface area contributed by atoms with Crippen LogP contribution in [0.15, 0.2) is 0 Å². The number of morpholine rings is 1. The first-order chi connectivity index (χ1) is 7.45. The van der Waals surface area contributed by atoms with E-state index in [0.717, 1.165) is 45.4 Å². The van der Waals surface area contributed by atoms with E-state index in [2.05, 4.69) is 15.5 Å². The van der Waals surface area contributed by atoms with Crippen molar-refractivity contribution in [3.63, 3.8) is 0 Å². The highest BCUT2D eigenvalue weighted by Gasteiger charge is 2.13. The molecule has 0 spiro atoms. The molecule has 2 rings (SSSR count). The molecule has 2 heterocycles. The fourth-order valence-electron chi connectivity index (χ4n) is 2.26. The largest absolute Gasteiger partial charge is 0.379 e. The summed E-state index contributed by atoms with van der Waals surface area (Å²) in [4.78, 5) is 2.50. The molecule has 0 saturated carbocycles. The Bertz CT molecular complexity index is 165. The Hall–Kier alpha value is -0.160. The normalized spacial score (nSPS) is 28.4. The number of rotatable bonds is 5. The molecule has 2 N–H and O–H groups in total. The van der Waals surface area contributed by atoms with E-state index in [1.165, 1.54) is 25.9 Å². The summed E-state index contributed by atoms with van der Waals surface area (Å²) in [7, 11) is 0. The fraction of sp³-hybridized carbons (Fsp3) is 1.00. The van der Waals surface area contributed by atoms with Gasteiger partial charge in [-0.2, -0.15) is 0 Å². The minimum Gasteiger partial charge on any atom is -0.379 e. The molecule has 2 fully saturated rings. The Morgan fingerprint density at radius 3 is 2.93 bits per heavy atom. The lowest BCUT2D eigenvalue weighted by molar-refractivity contribution is 0.0374. The number of nitrogens with zero attached hydrogens (tertiary/aromatic N) is 1. The van der Waals surface area contributed by atoms with Gasteiger partial charge in [-0.1, -0.05) is 0 Å².